The summed E-state index contributed by atoms with van der Waals surface area (Å²) in [7, 11) is 0. The highest BCUT2D eigenvalue weighted by molar-refractivity contribution is 6.32. The van der Waals surface area contributed by atoms with Crippen LogP contribution in [0.5, 0.6) is 5.75 Å². The highest BCUT2D eigenvalue weighted by Crippen LogP contribution is 2.29. The minimum absolute atomic E-state index is 0.00519. The lowest BCUT2D eigenvalue weighted by atomic mass is 10.3. The molecule has 0 aliphatic heterocycles. The predicted octanol–water partition coefficient (Wildman–Crippen LogP) is 2.45. The van der Waals surface area contributed by atoms with Gasteiger partial charge in [-0.3, -0.25) is 4.98 Å². The van der Waals surface area contributed by atoms with Crippen LogP contribution in [-0.2, 0) is 0 Å². The Bertz CT molecular complexity index is 663. The van der Waals surface area contributed by atoms with Gasteiger partial charge < -0.3 is 4.74 Å². The van der Waals surface area contributed by atoms with Gasteiger partial charge in [-0.05, 0) is 26.8 Å². The molecule has 0 aliphatic rings. The van der Waals surface area contributed by atoms with Crippen LogP contribution >= 0.6 is 11.6 Å². The van der Waals surface area contributed by atoms with E-state index in [0.29, 0.717) is 11.6 Å². The highest BCUT2D eigenvalue weighted by atomic mass is 35.5. The fraction of sp³-hybridized carbons (Fsp3) is 0.333. The number of aromatic amines is 1. The molecule has 1 aromatic heterocycles. The van der Waals surface area contributed by atoms with Gasteiger partial charge in [0.05, 0.1) is 11.1 Å². The summed E-state index contributed by atoms with van der Waals surface area (Å²) < 4.78 is 20.3. The average Bonchev–Trinajstić information content (AvgIpc) is 2.61. The van der Waals surface area contributed by atoms with Gasteiger partial charge in [0, 0.05) is 6.07 Å². The number of hydrogen-bond donors (Lipinski definition) is 1. The Morgan fingerprint density at radius 3 is 2.68 bits per heavy atom. The highest BCUT2D eigenvalue weighted by Gasteiger charge is 2.15. The zero-order valence-electron chi connectivity index (χ0n) is 10.7. The Morgan fingerprint density at radius 1 is 1.47 bits per heavy atom. The maximum Gasteiger partial charge on any atom is 0.348 e. The molecule has 0 amide bonds. The first-order valence-corrected chi connectivity index (χ1v) is 6.08. The number of rotatable bonds is 3. The monoisotopic (exact) mass is 285 g/mol. The van der Waals surface area contributed by atoms with E-state index in [0.717, 1.165) is 10.7 Å². The molecule has 0 spiro atoms. The van der Waals surface area contributed by atoms with Crippen molar-refractivity contribution in [2.24, 2.45) is 0 Å². The quantitative estimate of drug-likeness (QED) is 0.942. The Hall–Kier alpha value is -1.82. The normalized spacial score (nSPS) is 11.1. The summed E-state index contributed by atoms with van der Waals surface area (Å²) in [5.74, 6) is 0.0565. The number of ether oxygens (including phenoxy) is 1. The van der Waals surface area contributed by atoms with Crippen molar-refractivity contribution in [2.45, 2.75) is 26.9 Å². The van der Waals surface area contributed by atoms with Crippen LogP contribution in [0.2, 0.25) is 5.02 Å². The summed E-state index contributed by atoms with van der Waals surface area (Å²) in [5.41, 5.74) is -0.524. The molecule has 0 atom stereocenters. The van der Waals surface area contributed by atoms with Gasteiger partial charge in [-0.15, -0.1) is 0 Å². The van der Waals surface area contributed by atoms with Crippen LogP contribution < -0.4 is 10.4 Å². The van der Waals surface area contributed by atoms with Gasteiger partial charge in [-0.2, -0.15) is 9.78 Å². The van der Waals surface area contributed by atoms with Crippen LogP contribution in [0.3, 0.4) is 0 Å². The van der Waals surface area contributed by atoms with E-state index in [1.165, 1.54) is 6.07 Å². The second-order valence-corrected chi connectivity index (χ2v) is 4.74. The standard InChI is InChI=1S/C12H13ClFN3O2/c1-6(2)19-11-5-10(9(14)4-8(11)13)17-12(18)15-7(3)16-17/h4-6H,1-3H3,(H,15,16,18). The molecule has 0 fully saturated rings. The second kappa shape index (κ2) is 5.05. The van der Waals surface area contributed by atoms with Crippen molar-refractivity contribution in [3.63, 3.8) is 0 Å². The molecule has 0 aliphatic carbocycles. The number of nitrogens with zero attached hydrogens (tertiary/aromatic N) is 2. The van der Waals surface area contributed by atoms with E-state index in [2.05, 4.69) is 10.1 Å². The zero-order chi connectivity index (χ0) is 14.2. The van der Waals surface area contributed by atoms with Gasteiger partial charge in [-0.25, -0.2) is 9.18 Å². The van der Waals surface area contributed by atoms with E-state index in [9.17, 15) is 9.18 Å². The summed E-state index contributed by atoms with van der Waals surface area (Å²) in [4.78, 5) is 14.1. The Kier molecular flexibility index (Phi) is 3.61. The molecule has 0 saturated heterocycles. The summed E-state index contributed by atoms with van der Waals surface area (Å²) in [6.45, 7) is 5.26. The number of H-pyrrole nitrogens is 1. The summed E-state index contributed by atoms with van der Waals surface area (Å²) in [6.07, 6.45) is -0.117. The molecule has 0 unspecified atom stereocenters. The second-order valence-electron chi connectivity index (χ2n) is 4.33. The SMILES string of the molecule is Cc1nn(-c2cc(OC(C)C)c(Cl)cc2F)c(=O)[nH]1. The van der Waals surface area contributed by atoms with Gasteiger partial charge in [0.15, 0.2) is 5.82 Å². The number of benzene rings is 1. The Morgan fingerprint density at radius 2 is 2.16 bits per heavy atom. The minimum atomic E-state index is -0.644. The maximum atomic E-state index is 13.9. The molecule has 7 heteroatoms. The van der Waals surface area contributed by atoms with Crippen molar-refractivity contribution in [1.29, 1.82) is 0 Å². The smallest absolute Gasteiger partial charge is 0.348 e. The van der Waals surface area contributed by atoms with E-state index in [-0.39, 0.29) is 16.8 Å². The van der Waals surface area contributed by atoms with Crippen LogP contribution in [0.25, 0.3) is 5.69 Å². The molecule has 0 bridgehead atoms. The Labute approximate surface area is 114 Å². The largest absolute Gasteiger partial charge is 0.489 e. The molecular formula is C12H13ClFN3O2. The molecule has 102 valence electrons. The molecule has 5 nitrogen and oxygen atoms in total. The minimum Gasteiger partial charge on any atom is -0.489 e. The van der Waals surface area contributed by atoms with Crippen molar-refractivity contribution in [1.82, 2.24) is 14.8 Å². The van der Waals surface area contributed by atoms with Crippen LogP contribution in [-0.4, -0.2) is 20.9 Å². The number of hydrogen-bond acceptors (Lipinski definition) is 3. The van der Waals surface area contributed by atoms with Crippen molar-refractivity contribution in [3.05, 3.63) is 39.3 Å². The summed E-state index contributed by atoms with van der Waals surface area (Å²) in [6, 6.07) is 2.46. The molecule has 1 N–H and O–H groups in total. The van der Waals surface area contributed by atoms with Gasteiger partial charge in [-0.1, -0.05) is 11.6 Å². The lowest BCUT2D eigenvalue weighted by molar-refractivity contribution is 0.242. The number of aryl methyl sites for hydroxylation is 1. The van der Waals surface area contributed by atoms with E-state index < -0.39 is 11.5 Å². The molecule has 19 heavy (non-hydrogen) atoms. The van der Waals surface area contributed by atoms with Crippen LogP contribution in [0.1, 0.15) is 19.7 Å². The maximum absolute atomic E-state index is 13.9. The molecule has 2 rings (SSSR count). The molecule has 0 radical (unpaired) electrons. The van der Waals surface area contributed by atoms with Crippen molar-refractivity contribution in [3.8, 4) is 11.4 Å². The van der Waals surface area contributed by atoms with Gasteiger partial charge in [0.1, 0.15) is 17.3 Å². The Balaban J connectivity index is 2.57. The molecular weight excluding hydrogens is 273 g/mol. The van der Waals surface area contributed by atoms with Crippen molar-refractivity contribution < 1.29 is 9.13 Å². The lowest BCUT2D eigenvalue weighted by Gasteiger charge is -2.13. The molecule has 2 aromatic rings. The van der Waals surface area contributed by atoms with E-state index >= 15 is 0 Å². The first-order valence-electron chi connectivity index (χ1n) is 5.70. The number of nitrogens with one attached hydrogen (secondary N) is 1. The lowest BCUT2D eigenvalue weighted by Crippen LogP contribution is -2.17. The first kappa shape index (κ1) is 13.6. The number of aromatic nitrogens is 3. The fourth-order valence-corrected chi connectivity index (χ4v) is 1.81. The topological polar surface area (TPSA) is 59.9 Å². The van der Waals surface area contributed by atoms with Gasteiger partial charge in [0.2, 0.25) is 0 Å². The predicted molar refractivity (Wildman–Crippen MR) is 69.7 cm³/mol. The van der Waals surface area contributed by atoms with Crippen molar-refractivity contribution >= 4 is 11.6 Å². The summed E-state index contributed by atoms with van der Waals surface area (Å²) in [5, 5.41) is 4.05. The molecule has 1 heterocycles. The third-order valence-electron chi connectivity index (χ3n) is 2.32. The summed E-state index contributed by atoms with van der Waals surface area (Å²) >= 11 is 5.90. The zero-order valence-corrected chi connectivity index (χ0v) is 11.5. The van der Waals surface area contributed by atoms with Crippen LogP contribution in [0.4, 0.5) is 4.39 Å². The van der Waals surface area contributed by atoms with Crippen LogP contribution in [0, 0.1) is 12.7 Å². The molecule has 0 saturated carbocycles. The van der Waals surface area contributed by atoms with E-state index in [1.54, 1.807) is 6.92 Å². The van der Waals surface area contributed by atoms with Crippen LogP contribution in [0.15, 0.2) is 16.9 Å². The molecule has 1 aromatic carbocycles. The number of halogens is 2. The average molecular weight is 286 g/mol. The fourth-order valence-electron chi connectivity index (χ4n) is 1.62. The van der Waals surface area contributed by atoms with E-state index in [1.807, 2.05) is 13.8 Å². The third-order valence-corrected chi connectivity index (χ3v) is 2.62. The van der Waals surface area contributed by atoms with Gasteiger partial charge in [0.25, 0.3) is 0 Å². The first-order chi connectivity index (χ1) is 8.88. The van der Waals surface area contributed by atoms with Crippen molar-refractivity contribution in [2.75, 3.05) is 0 Å². The van der Waals surface area contributed by atoms with E-state index in [4.69, 9.17) is 16.3 Å². The van der Waals surface area contributed by atoms with Gasteiger partial charge >= 0.3 is 5.69 Å². The third kappa shape index (κ3) is 2.78.